The lowest BCUT2D eigenvalue weighted by atomic mass is 9.96. The SMILES string of the molecule is Cc1cnccc1C(Cc1c(F)cccc1F)NN. The van der Waals surface area contributed by atoms with E-state index in [4.69, 9.17) is 5.84 Å². The van der Waals surface area contributed by atoms with Crippen molar-refractivity contribution in [3.8, 4) is 0 Å². The highest BCUT2D eigenvalue weighted by atomic mass is 19.1. The average Bonchev–Trinajstić information content (AvgIpc) is 2.40. The number of nitrogens with one attached hydrogen (secondary N) is 1. The van der Waals surface area contributed by atoms with Gasteiger partial charge in [0, 0.05) is 18.0 Å². The van der Waals surface area contributed by atoms with Crippen LogP contribution in [0.2, 0.25) is 0 Å². The normalized spacial score (nSPS) is 12.4. The highest BCUT2D eigenvalue weighted by Gasteiger charge is 2.17. The number of benzene rings is 1. The summed E-state index contributed by atoms with van der Waals surface area (Å²) in [6, 6.07) is 5.25. The lowest BCUT2D eigenvalue weighted by Crippen LogP contribution is -2.30. The molecule has 0 radical (unpaired) electrons. The molecule has 100 valence electrons. The van der Waals surface area contributed by atoms with E-state index in [9.17, 15) is 8.78 Å². The van der Waals surface area contributed by atoms with Crippen molar-refractivity contribution >= 4 is 0 Å². The molecule has 0 saturated heterocycles. The van der Waals surface area contributed by atoms with Gasteiger partial charge in [-0.25, -0.2) is 8.78 Å². The number of hydrazine groups is 1. The molecular formula is C14H15F2N3. The standard InChI is InChI=1S/C14H15F2N3/c1-9-8-18-6-5-10(9)14(19-17)7-11-12(15)3-2-4-13(11)16/h2-6,8,14,19H,7,17H2,1H3. The van der Waals surface area contributed by atoms with Gasteiger partial charge in [0.25, 0.3) is 0 Å². The third-order valence-corrected chi connectivity index (χ3v) is 3.11. The van der Waals surface area contributed by atoms with E-state index in [2.05, 4.69) is 10.4 Å². The monoisotopic (exact) mass is 263 g/mol. The van der Waals surface area contributed by atoms with Crippen molar-refractivity contribution in [2.24, 2.45) is 5.84 Å². The van der Waals surface area contributed by atoms with E-state index in [1.165, 1.54) is 18.2 Å². The van der Waals surface area contributed by atoms with Gasteiger partial charge in [0.15, 0.2) is 0 Å². The average molecular weight is 263 g/mol. The highest BCUT2D eigenvalue weighted by Crippen LogP contribution is 2.23. The molecule has 0 aliphatic rings. The van der Waals surface area contributed by atoms with Gasteiger partial charge in [-0.2, -0.15) is 0 Å². The molecule has 0 aliphatic carbocycles. The zero-order chi connectivity index (χ0) is 13.8. The minimum atomic E-state index is -0.563. The smallest absolute Gasteiger partial charge is 0.129 e. The molecule has 2 rings (SSSR count). The molecule has 19 heavy (non-hydrogen) atoms. The van der Waals surface area contributed by atoms with Gasteiger partial charge in [-0.05, 0) is 42.7 Å². The number of aromatic nitrogens is 1. The van der Waals surface area contributed by atoms with Gasteiger partial charge in [0.2, 0.25) is 0 Å². The summed E-state index contributed by atoms with van der Waals surface area (Å²) >= 11 is 0. The van der Waals surface area contributed by atoms with Crippen molar-refractivity contribution in [3.63, 3.8) is 0 Å². The zero-order valence-electron chi connectivity index (χ0n) is 10.5. The summed E-state index contributed by atoms with van der Waals surface area (Å²) in [6.07, 6.45) is 3.46. The number of halogens is 2. The summed E-state index contributed by atoms with van der Waals surface area (Å²) in [4.78, 5) is 3.99. The number of hydrogen-bond acceptors (Lipinski definition) is 3. The topological polar surface area (TPSA) is 50.9 Å². The second-order valence-electron chi connectivity index (χ2n) is 4.36. The summed E-state index contributed by atoms with van der Waals surface area (Å²) in [5.41, 5.74) is 4.42. The molecule has 1 aromatic carbocycles. The Hall–Kier alpha value is -1.85. The molecule has 1 atom stereocenters. The van der Waals surface area contributed by atoms with Gasteiger partial charge in [0.05, 0.1) is 6.04 Å². The van der Waals surface area contributed by atoms with Crippen LogP contribution in [-0.2, 0) is 6.42 Å². The number of aryl methyl sites for hydroxylation is 1. The Morgan fingerprint density at radius 2 is 1.95 bits per heavy atom. The Bertz CT molecular complexity index is 552. The van der Waals surface area contributed by atoms with E-state index in [-0.39, 0.29) is 18.0 Å². The van der Waals surface area contributed by atoms with Crippen molar-refractivity contribution in [1.82, 2.24) is 10.4 Å². The van der Waals surface area contributed by atoms with E-state index in [0.29, 0.717) is 0 Å². The zero-order valence-corrected chi connectivity index (χ0v) is 10.5. The second-order valence-corrected chi connectivity index (χ2v) is 4.36. The van der Waals surface area contributed by atoms with Gasteiger partial charge >= 0.3 is 0 Å². The minimum absolute atomic E-state index is 0.0293. The molecule has 0 spiro atoms. The van der Waals surface area contributed by atoms with Crippen LogP contribution in [0.15, 0.2) is 36.7 Å². The van der Waals surface area contributed by atoms with Crippen LogP contribution in [0, 0.1) is 18.6 Å². The fourth-order valence-electron chi connectivity index (χ4n) is 2.07. The Kier molecular flexibility index (Phi) is 4.19. The number of pyridine rings is 1. The molecule has 0 amide bonds. The molecule has 0 saturated carbocycles. The molecule has 5 heteroatoms. The summed E-state index contributed by atoms with van der Waals surface area (Å²) in [6.45, 7) is 1.88. The molecule has 3 nitrogen and oxygen atoms in total. The van der Waals surface area contributed by atoms with Crippen LogP contribution >= 0.6 is 0 Å². The Balaban J connectivity index is 2.32. The molecule has 1 heterocycles. The van der Waals surface area contributed by atoms with E-state index < -0.39 is 11.6 Å². The van der Waals surface area contributed by atoms with Crippen LogP contribution in [0.4, 0.5) is 8.78 Å². The Labute approximate surface area is 110 Å². The largest absolute Gasteiger partial charge is 0.271 e. The van der Waals surface area contributed by atoms with Crippen molar-refractivity contribution in [3.05, 3.63) is 65.0 Å². The van der Waals surface area contributed by atoms with Crippen LogP contribution in [0.3, 0.4) is 0 Å². The van der Waals surface area contributed by atoms with Gasteiger partial charge in [-0.15, -0.1) is 0 Å². The van der Waals surface area contributed by atoms with Crippen LogP contribution in [0.25, 0.3) is 0 Å². The fraction of sp³-hybridized carbons (Fsp3) is 0.214. The number of rotatable bonds is 4. The van der Waals surface area contributed by atoms with Crippen molar-refractivity contribution < 1.29 is 8.78 Å². The molecule has 1 aromatic heterocycles. The quantitative estimate of drug-likeness (QED) is 0.658. The second kappa shape index (κ2) is 5.86. The van der Waals surface area contributed by atoms with Crippen molar-refractivity contribution in [2.75, 3.05) is 0 Å². The molecule has 3 N–H and O–H groups in total. The third-order valence-electron chi connectivity index (χ3n) is 3.11. The first kappa shape index (κ1) is 13.6. The maximum atomic E-state index is 13.6. The molecule has 0 bridgehead atoms. The molecular weight excluding hydrogens is 248 g/mol. The maximum Gasteiger partial charge on any atom is 0.129 e. The molecule has 0 fully saturated rings. The van der Waals surface area contributed by atoms with E-state index >= 15 is 0 Å². The molecule has 0 aliphatic heterocycles. The van der Waals surface area contributed by atoms with Crippen LogP contribution in [0.5, 0.6) is 0 Å². The number of nitrogens with zero attached hydrogens (tertiary/aromatic N) is 1. The highest BCUT2D eigenvalue weighted by molar-refractivity contribution is 5.29. The predicted octanol–water partition coefficient (Wildman–Crippen LogP) is 2.42. The summed E-state index contributed by atoms with van der Waals surface area (Å²) in [7, 11) is 0. The van der Waals surface area contributed by atoms with Gasteiger partial charge in [-0.3, -0.25) is 16.3 Å². The van der Waals surface area contributed by atoms with E-state index in [1.807, 2.05) is 6.92 Å². The minimum Gasteiger partial charge on any atom is -0.271 e. The van der Waals surface area contributed by atoms with Crippen LogP contribution in [0.1, 0.15) is 22.7 Å². The molecule has 2 aromatic rings. The van der Waals surface area contributed by atoms with E-state index in [1.54, 1.807) is 18.5 Å². The third kappa shape index (κ3) is 2.94. The van der Waals surface area contributed by atoms with Crippen LogP contribution in [-0.4, -0.2) is 4.98 Å². The van der Waals surface area contributed by atoms with Crippen molar-refractivity contribution in [2.45, 2.75) is 19.4 Å². The fourth-order valence-corrected chi connectivity index (χ4v) is 2.07. The van der Waals surface area contributed by atoms with Crippen molar-refractivity contribution in [1.29, 1.82) is 0 Å². The number of hydrogen-bond donors (Lipinski definition) is 2. The summed E-state index contributed by atoms with van der Waals surface area (Å²) in [5, 5.41) is 0. The maximum absolute atomic E-state index is 13.6. The Morgan fingerprint density at radius 3 is 2.53 bits per heavy atom. The predicted molar refractivity (Wildman–Crippen MR) is 69.1 cm³/mol. The van der Waals surface area contributed by atoms with Gasteiger partial charge in [-0.1, -0.05) is 6.07 Å². The summed E-state index contributed by atoms with van der Waals surface area (Å²) in [5.74, 6) is 4.38. The molecule has 1 unspecified atom stereocenters. The van der Waals surface area contributed by atoms with Crippen LogP contribution < -0.4 is 11.3 Å². The lowest BCUT2D eigenvalue weighted by molar-refractivity contribution is 0.498. The van der Waals surface area contributed by atoms with E-state index in [0.717, 1.165) is 11.1 Å². The lowest BCUT2D eigenvalue weighted by Gasteiger charge is -2.19. The first-order valence-electron chi connectivity index (χ1n) is 5.93. The van der Waals surface area contributed by atoms with Gasteiger partial charge in [0.1, 0.15) is 11.6 Å². The van der Waals surface area contributed by atoms with Gasteiger partial charge < -0.3 is 0 Å². The first-order chi connectivity index (χ1) is 9.13. The first-order valence-corrected chi connectivity index (χ1v) is 5.93. The summed E-state index contributed by atoms with van der Waals surface area (Å²) < 4.78 is 27.3. The Morgan fingerprint density at radius 1 is 1.26 bits per heavy atom. The number of nitrogens with two attached hydrogens (primary N) is 1.